The fourth-order valence-electron chi connectivity index (χ4n) is 1.81. The molecule has 0 bridgehead atoms. The molecule has 2 amide bonds. The number of anilines is 1. The van der Waals surface area contributed by atoms with Gasteiger partial charge in [-0.2, -0.15) is 0 Å². The quantitative estimate of drug-likeness (QED) is 0.650. The van der Waals surface area contributed by atoms with Gasteiger partial charge in [-0.1, -0.05) is 29.5 Å². The Morgan fingerprint density at radius 2 is 2.05 bits per heavy atom. The Hall–Kier alpha value is -2.28. The number of methoxy groups -OCH3 is 1. The highest BCUT2D eigenvalue weighted by Crippen LogP contribution is 2.29. The predicted octanol–water partition coefficient (Wildman–Crippen LogP) is 1.57. The standard InChI is InChI=1S/C15H16N2O4S/c1-9-3-5-10(6-4-9)16-12(18)8-13-17-15(20)11(22-13)7-14(19)21-2/h3-6,8,11H,7H2,1-2H3,(H,16,18)(H,17,20). The van der Waals surface area contributed by atoms with Crippen LogP contribution in [0, 0.1) is 6.92 Å². The monoisotopic (exact) mass is 320 g/mol. The van der Waals surface area contributed by atoms with E-state index in [1.165, 1.54) is 13.2 Å². The van der Waals surface area contributed by atoms with Crippen LogP contribution in [0.25, 0.3) is 0 Å². The molecule has 22 heavy (non-hydrogen) atoms. The second-order valence-electron chi connectivity index (χ2n) is 4.74. The molecule has 6 nitrogen and oxygen atoms in total. The molecule has 0 spiro atoms. The maximum Gasteiger partial charge on any atom is 0.307 e. The first-order chi connectivity index (χ1) is 10.5. The van der Waals surface area contributed by atoms with Gasteiger partial charge in [-0.05, 0) is 19.1 Å². The second kappa shape index (κ2) is 7.13. The van der Waals surface area contributed by atoms with Crippen molar-refractivity contribution < 1.29 is 19.1 Å². The molecule has 0 saturated carbocycles. The number of ether oxygens (including phenoxy) is 1. The Kier molecular flexibility index (Phi) is 5.21. The van der Waals surface area contributed by atoms with Gasteiger partial charge in [0.25, 0.3) is 5.91 Å². The van der Waals surface area contributed by atoms with Crippen molar-refractivity contribution in [3.05, 3.63) is 40.9 Å². The van der Waals surface area contributed by atoms with Crippen LogP contribution < -0.4 is 10.6 Å². The van der Waals surface area contributed by atoms with Gasteiger partial charge in [-0.3, -0.25) is 14.4 Å². The third-order valence-electron chi connectivity index (χ3n) is 2.97. The van der Waals surface area contributed by atoms with Gasteiger partial charge in [0.1, 0.15) is 5.25 Å². The molecule has 1 heterocycles. The van der Waals surface area contributed by atoms with Crippen molar-refractivity contribution in [2.75, 3.05) is 12.4 Å². The van der Waals surface area contributed by atoms with Crippen LogP contribution in [0.1, 0.15) is 12.0 Å². The van der Waals surface area contributed by atoms with E-state index in [1.807, 2.05) is 19.1 Å². The zero-order chi connectivity index (χ0) is 16.1. The van der Waals surface area contributed by atoms with Gasteiger partial charge >= 0.3 is 5.97 Å². The molecular weight excluding hydrogens is 304 g/mol. The molecule has 7 heteroatoms. The van der Waals surface area contributed by atoms with Crippen molar-refractivity contribution in [1.82, 2.24) is 5.32 Å². The summed E-state index contributed by atoms with van der Waals surface area (Å²) in [5.41, 5.74) is 1.77. The summed E-state index contributed by atoms with van der Waals surface area (Å²) in [7, 11) is 1.27. The lowest BCUT2D eigenvalue weighted by molar-refractivity contribution is -0.141. The van der Waals surface area contributed by atoms with Crippen LogP contribution in [0.3, 0.4) is 0 Å². The van der Waals surface area contributed by atoms with E-state index in [9.17, 15) is 14.4 Å². The molecule has 1 aromatic rings. The van der Waals surface area contributed by atoms with Gasteiger partial charge in [0.15, 0.2) is 0 Å². The summed E-state index contributed by atoms with van der Waals surface area (Å²) in [5, 5.41) is 5.14. The Morgan fingerprint density at radius 1 is 1.36 bits per heavy atom. The number of rotatable bonds is 4. The third kappa shape index (κ3) is 4.36. The van der Waals surface area contributed by atoms with Gasteiger partial charge < -0.3 is 15.4 Å². The summed E-state index contributed by atoms with van der Waals surface area (Å²) in [6.07, 6.45) is 1.28. The Bertz CT molecular complexity index is 625. The Labute approximate surface area is 132 Å². The number of amides is 2. The molecule has 2 rings (SSSR count). The fraction of sp³-hybridized carbons (Fsp3) is 0.267. The highest BCUT2D eigenvalue weighted by molar-refractivity contribution is 8.04. The first kappa shape index (κ1) is 16.1. The van der Waals surface area contributed by atoms with E-state index < -0.39 is 11.2 Å². The van der Waals surface area contributed by atoms with Crippen LogP contribution in [-0.4, -0.2) is 30.1 Å². The number of carbonyl (C=O) groups is 3. The van der Waals surface area contributed by atoms with Crippen molar-refractivity contribution in [2.24, 2.45) is 0 Å². The molecule has 1 aliphatic rings. The van der Waals surface area contributed by atoms with Crippen LogP contribution in [0.5, 0.6) is 0 Å². The summed E-state index contributed by atoms with van der Waals surface area (Å²) in [4.78, 5) is 34.8. The molecule has 0 aromatic heterocycles. The topological polar surface area (TPSA) is 84.5 Å². The molecule has 1 fully saturated rings. The van der Waals surface area contributed by atoms with E-state index in [1.54, 1.807) is 12.1 Å². The van der Waals surface area contributed by atoms with Crippen molar-refractivity contribution in [3.63, 3.8) is 0 Å². The van der Waals surface area contributed by atoms with Gasteiger partial charge in [0, 0.05) is 11.8 Å². The fourth-order valence-corrected chi connectivity index (χ4v) is 2.84. The first-order valence-corrected chi connectivity index (χ1v) is 7.49. The smallest absolute Gasteiger partial charge is 0.307 e. The molecule has 1 saturated heterocycles. The van der Waals surface area contributed by atoms with Gasteiger partial charge in [-0.15, -0.1) is 0 Å². The zero-order valence-electron chi connectivity index (χ0n) is 12.2. The molecule has 1 aromatic carbocycles. The first-order valence-electron chi connectivity index (χ1n) is 6.61. The minimum Gasteiger partial charge on any atom is -0.469 e. The van der Waals surface area contributed by atoms with Crippen LogP contribution in [0.15, 0.2) is 35.4 Å². The van der Waals surface area contributed by atoms with Crippen LogP contribution in [0.4, 0.5) is 5.69 Å². The van der Waals surface area contributed by atoms with E-state index in [0.29, 0.717) is 10.7 Å². The normalized spacial score (nSPS) is 18.9. The number of benzene rings is 1. The maximum atomic E-state index is 11.9. The van der Waals surface area contributed by atoms with Crippen LogP contribution in [-0.2, 0) is 19.1 Å². The van der Waals surface area contributed by atoms with Crippen molar-refractivity contribution in [1.29, 1.82) is 0 Å². The van der Waals surface area contributed by atoms with Gasteiger partial charge in [0.2, 0.25) is 5.91 Å². The number of hydrogen-bond acceptors (Lipinski definition) is 5. The summed E-state index contributed by atoms with van der Waals surface area (Å²) < 4.78 is 4.53. The van der Waals surface area contributed by atoms with Gasteiger partial charge in [-0.25, -0.2) is 0 Å². The number of esters is 1. The molecule has 1 atom stereocenters. The van der Waals surface area contributed by atoms with Crippen LogP contribution >= 0.6 is 11.8 Å². The minimum absolute atomic E-state index is 0.0239. The number of nitrogens with one attached hydrogen (secondary N) is 2. The average molecular weight is 320 g/mol. The van der Waals surface area contributed by atoms with Crippen molar-refractivity contribution >= 4 is 35.2 Å². The molecular formula is C15H16N2O4S. The second-order valence-corrected chi connectivity index (χ2v) is 5.98. The molecule has 0 radical (unpaired) electrons. The predicted molar refractivity (Wildman–Crippen MR) is 84.0 cm³/mol. The van der Waals surface area contributed by atoms with E-state index in [-0.39, 0.29) is 18.2 Å². The van der Waals surface area contributed by atoms with Crippen LogP contribution in [0.2, 0.25) is 0 Å². The summed E-state index contributed by atoms with van der Waals surface area (Å²) in [6.45, 7) is 1.96. The van der Waals surface area contributed by atoms with E-state index >= 15 is 0 Å². The molecule has 1 aliphatic heterocycles. The van der Waals surface area contributed by atoms with Crippen molar-refractivity contribution in [3.8, 4) is 0 Å². The Balaban J connectivity index is 1.95. The number of thioether (sulfide) groups is 1. The SMILES string of the molecule is COC(=O)CC1SC(=CC(=O)Nc2ccc(C)cc2)NC1=O. The minimum atomic E-state index is -0.564. The highest BCUT2D eigenvalue weighted by atomic mass is 32.2. The van der Waals surface area contributed by atoms with Crippen molar-refractivity contribution in [2.45, 2.75) is 18.6 Å². The van der Waals surface area contributed by atoms with E-state index in [4.69, 9.17) is 0 Å². The zero-order valence-corrected chi connectivity index (χ0v) is 13.0. The number of carbonyl (C=O) groups excluding carboxylic acids is 3. The van der Waals surface area contributed by atoms with E-state index in [2.05, 4.69) is 15.4 Å². The highest BCUT2D eigenvalue weighted by Gasteiger charge is 2.31. The van der Waals surface area contributed by atoms with Gasteiger partial charge in [0.05, 0.1) is 18.6 Å². The average Bonchev–Trinajstić information content (AvgIpc) is 2.80. The number of hydrogen-bond donors (Lipinski definition) is 2. The largest absolute Gasteiger partial charge is 0.469 e. The molecule has 1 unspecified atom stereocenters. The van der Waals surface area contributed by atoms with E-state index in [0.717, 1.165) is 17.3 Å². The number of aryl methyl sites for hydroxylation is 1. The molecule has 116 valence electrons. The molecule has 2 N–H and O–H groups in total. The maximum absolute atomic E-state index is 11.9. The lowest BCUT2D eigenvalue weighted by Crippen LogP contribution is -2.24. The lowest BCUT2D eigenvalue weighted by atomic mass is 10.2. The lowest BCUT2D eigenvalue weighted by Gasteiger charge is -2.03. The summed E-state index contributed by atoms with van der Waals surface area (Å²) >= 11 is 1.14. The summed E-state index contributed by atoms with van der Waals surface area (Å²) in [5.74, 6) is -1.10. The molecule has 0 aliphatic carbocycles. The third-order valence-corrected chi connectivity index (χ3v) is 4.11. The Morgan fingerprint density at radius 3 is 2.68 bits per heavy atom. The summed E-state index contributed by atoms with van der Waals surface area (Å²) in [6, 6.07) is 7.38.